The maximum Gasteiger partial charge on any atom is 0.240 e. The lowest BCUT2D eigenvalue weighted by Crippen LogP contribution is -2.30. The van der Waals surface area contributed by atoms with E-state index in [4.69, 9.17) is 0 Å². The van der Waals surface area contributed by atoms with Crippen molar-refractivity contribution in [2.45, 2.75) is 25.9 Å². The van der Waals surface area contributed by atoms with Crippen molar-refractivity contribution in [1.82, 2.24) is 20.2 Å². The summed E-state index contributed by atoms with van der Waals surface area (Å²) in [7, 11) is 0. The molecule has 1 aromatic carbocycles. The van der Waals surface area contributed by atoms with Gasteiger partial charge in [0.1, 0.15) is 12.4 Å². The molecule has 1 saturated carbocycles. The van der Waals surface area contributed by atoms with Crippen molar-refractivity contribution in [3.8, 4) is 0 Å². The first kappa shape index (κ1) is 15.3. The number of imidazole rings is 1. The number of aromatic nitrogens is 2. The number of nitrogens with zero attached hydrogens (tertiary/aromatic N) is 2. The Hall–Kier alpha value is -2.63. The molecule has 2 aromatic rings. The number of hydrogen-bond acceptors (Lipinski definition) is 3. The first-order chi connectivity index (χ1) is 11.2. The predicted molar refractivity (Wildman–Crippen MR) is 87.5 cm³/mol. The van der Waals surface area contributed by atoms with Gasteiger partial charge in [-0.15, -0.1) is 6.58 Å². The molecule has 0 saturated heterocycles. The fraction of sp³-hybridized carbons (Fsp3) is 0.353. The summed E-state index contributed by atoms with van der Waals surface area (Å²) in [4.78, 5) is 28.4. The third-order valence-corrected chi connectivity index (χ3v) is 3.85. The van der Waals surface area contributed by atoms with Crippen molar-refractivity contribution >= 4 is 22.8 Å². The summed E-state index contributed by atoms with van der Waals surface area (Å²) >= 11 is 0. The van der Waals surface area contributed by atoms with E-state index in [9.17, 15) is 9.59 Å². The SMILES string of the molecule is C=CCNC(=O)Cn1c(CNC(=O)C2CC2)nc2ccccc21. The number of hydrogen-bond donors (Lipinski definition) is 2. The molecule has 1 aliphatic rings. The van der Waals surface area contributed by atoms with Gasteiger partial charge in [0.05, 0.1) is 17.6 Å². The van der Waals surface area contributed by atoms with E-state index < -0.39 is 0 Å². The van der Waals surface area contributed by atoms with Gasteiger partial charge in [0, 0.05) is 12.5 Å². The minimum absolute atomic E-state index is 0.0692. The monoisotopic (exact) mass is 312 g/mol. The number of carbonyl (C=O) groups excluding carboxylic acids is 2. The molecule has 2 N–H and O–H groups in total. The van der Waals surface area contributed by atoms with Crippen LogP contribution >= 0.6 is 0 Å². The second-order valence-electron chi connectivity index (χ2n) is 5.69. The quantitative estimate of drug-likeness (QED) is 0.758. The second kappa shape index (κ2) is 6.64. The second-order valence-corrected chi connectivity index (χ2v) is 5.69. The van der Waals surface area contributed by atoms with Gasteiger partial charge in [-0.05, 0) is 25.0 Å². The summed E-state index contributed by atoms with van der Waals surface area (Å²) in [5.74, 6) is 0.806. The fourth-order valence-corrected chi connectivity index (χ4v) is 2.48. The maximum atomic E-state index is 12.0. The molecule has 0 spiro atoms. The van der Waals surface area contributed by atoms with Crippen LogP contribution in [0.1, 0.15) is 18.7 Å². The van der Waals surface area contributed by atoms with Gasteiger partial charge in [-0.3, -0.25) is 9.59 Å². The minimum atomic E-state index is -0.108. The number of para-hydroxylation sites is 2. The van der Waals surface area contributed by atoms with Crippen LogP contribution in [-0.2, 0) is 22.7 Å². The molecule has 1 heterocycles. The third-order valence-electron chi connectivity index (χ3n) is 3.85. The Morgan fingerprint density at radius 2 is 2.09 bits per heavy atom. The molecule has 1 aliphatic carbocycles. The van der Waals surface area contributed by atoms with E-state index in [1.54, 1.807) is 6.08 Å². The van der Waals surface area contributed by atoms with E-state index in [2.05, 4.69) is 22.2 Å². The van der Waals surface area contributed by atoms with Crippen LogP contribution in [0.5, 0.6) is 0 Å². The van der Waals surface area contributed by atoms with E-state index in [-0.39, 0.29) is 24.3 Å². The normalized spacial score (nSPS) is 13.7. The van der Waals surface area contributed by atoms with Crippen molar-refractivity contribution < 1.29 is 9.59 Å². The lowest BCUT2D eigenvalue weighted by atomic mass is 10.3. The molecule has 0 radical (unpaired) electrons. The minimum Gasteiger partial charge on any atom is -0.351 e. The first-order valence-corrected chi connectivity index (χ1v) is 7.78. The number of carbonyl (C=O) groups is 2. The van der Waals surface area contributed by atoms with Gasteiger partial charge in [-0.2, -0.15) is 0 Å². The molecular weight excluding hydrogens is 292 g/mol. The van der Waals surface area contributed by atoms with Gasteiger partial charge in [-0.25, -0.2) is 4.98 Å². The van der Waals surface area contributed by atoms with Gasteiger partial charge in [0.25, 0.3) is 0 Å². The average molecular weight is 312 g/mol. The molecule has 6 nitrogen and oxygen atoms in total. The van der Waals surface area contributed by atoms with Gasteiger partial charge >= 0.3 is 0 Å². The molecule has 120 valence electrons. The van der Waals surface area contributed by atoms with E-state index >= 15 is 0 Å². The van der Waals surface area contributed by atoms with Crippen LogP contribution in [0.4, 0.5) is 0 Å². The highest BCUT2D eigenvalue weighted by atomic mass is 16.2. The number of benzene rings is 1. The maximum absolute atomic E-state index is 12.0. The Labute approximate surface area is 134 Å². The third kappa shape index (κ3) is 3.59. The number of rotatable bonds is 7. The molecular formula is C17H20N4O2. The number of fused-ring (bicyclic) bond motifs is 1. The van der Waals surface area contributed by atoms with Gasteiger partial charge in [0.2, 0.25) is 11.8 Å². The summed E-state index contributed by atoms with van der Waals surface area (Å²) in [5, 5.41) is 5.67. The molecule has 1 fully saturated rings. The Morgan fingerprint density at radius 3 is 2.83 bits per heavy atom. The largest absolute Gasteiger partial charge is 0.351 e. The lowest BCUT2D eigenvalue weighted by molar-refractivity contribution is -0.122. The topological polar surface area (TPSA) is 76.0 Å². The number of amides is 2. The Morgan fingerprint density at radius 1 is 1.30 bits per heavy atom. The smallest absolute Gasteiger partial charge is 0.240 e. The highest BCUT2D eigenvalue weighted by Gasteiger charge is 2.29. The molecule has 0 aliphatic heterocycles. The fourth-order valence-electron chi connectivity index (χ4n) is 2.48. The zero-order valence-corrected chi connectivity index (χ0v) is 12.9. The Kier molecular flexibility index (Phi) is 4.41. The van der Waals surface area contributed by atoms with Crippen molar-refractivity contribution in [1.29, 1.82) is 0 Å². The van der Waals surface area contributed by atoms with Gasteiger partial charge in [0.15, 0.2) is 0 Å². The van der Waals surface area contributed by atoms with Crippen LogP contribution in [-0.4, -0.2) is 27.9 Å². The summed E-state index contributed by atoms with van der Waals surface area (Å²) in [6, 6.07) is 7.65. The standard InChI is InChI=1S/C17H20N4O2/c1-2-9-18-16(22)11-21-14-6-4-3-5-13(14)20-15(21)10-19-17(23)12-7-8-12/h2-6,12H,1,7-11H2,(H,18,22)(H,19,23). The lowest BCUT2D eigenvalue weighted by Gasteiger charge is -2.10. The summed E-state index contributed by atoms with van der Waals surface area (Å²) in [5.41, 5.74) is 1.71. The van der Waals surface area contributed by atoms with Crippen LogP contribution in [0.3, 0.4) is 0 Å². The van der Waals surface area contributed by atoms with Crippen LogP contribution < -0.4 is 10.6 Å². The van der Waals surface area contributed by atoms with Gasteiger partial charge < -0.3 is 15.2 Å². The van der Waals surface area contributed by atoms with Crippen LogP contribution in [0.25, 0.3) is 11.0 Å². The number of nitrogens with one attached hydrogen (secondary N) is 2. The molecule has 23 heavy (non-hydrogen) atoms. The van der Waals surface area contributed by atoms with Crippen LogP contribution in [0.2, 0.25) is 0 Å². The average Bonchev–Trinajstić information content (AvgIpc) is 3.35. The first-order valence-electron chi connectivity index (χ1n) is 7.78. The molecule has 6 heteroatoms. The van der Waals surface area contributed by atoms with E-state index in [1.165, 1.54) is 0 Å². The zero-order chi connectivity index (χ0) is 16.2. The van der Waals surface area contributed by atoms with Gasteiger partial charge in [-0.1, -0.05) is 18.2 Å². The van der Waals surface area contributed by atoms with E-state index in [1.807, 2.05) is 28.8 Å². The van der Waals surface area contributed by atoms with Crippen molar-refractivity contribution in [2.24, 2.45) is 5.92 Å². The molecule has 0 atom stereocenters. The van der Waals surface area contributed by atoms with E-state index in [0.29, 0.717) is 18.9 Å². The molecule has 1 aromatic heterocycles. The van der Waals surface area contributed by atoms with E-state index in [0.717, 1.165) is 23.9 Å². The summed E-state index contributed by atoms with van der Waals surface area (Å²) in [6.45, 7) is 4.52. The molecule has 3 rings (SSSR count). The zero-order valence-electron chi connectivity index (χ0n) is 12.9. The molecule has 2 amide bonds. The highest BCUT2D eigenvalue weighted by molar-refractivity contribution is 5.82. The van der Waals surface area contributed by atoms with Crippen LogP contribution in [0.15, 0.2) is 36.9 Å². The highest BCUT2D eigenvalue weighted by Crippen LogP contribution is 2.28. The van der Waals surface area contributed by atoms with Crippen LogP contribution in [0, 0.1) is 5.92 Å². The predicted octanol–water partition coefficient (Wildman–Crippen LogP) is 1.36. The van der Waals surface area contributed by atoms with Crippen molar-refractivity contribution in [3.63, 3.8) is 0 Å². The van der Waals surface area contributed by atoms with Crippen molar-refractivity contribution in [2.75, 3.05) is 6.54 Å². The summed E-state index contributed by atoms with van der Waals surface area (Å²) in [6.07, 6.45) is 3.57. The van der Waals surface area contributed by atoms with Crippen molar-refractivity contribution in [3.05, 3.63) is 42.7 Å². The summed E-state index contributed by atoms with van der Waals surface area (Å²) < 4.78 is 1.85. The molecule has 0 unspecified atom stereocenters. The Bertz CT molecular complexity index is 746. The Balaban J connectivity index is 1.80. The molecule has 0 bridgehead atoms.